The third-order valence-electron chi connectivity index (χ3n) is 4.31. The second-order valence-corrected chi connectivity index (χ2v) is 6.00. The average molecular weight is 328 g/mol. The lowest BCUT2D eigenvalue weighted by Crippen LogP contribution is -2.31. The van der Waals surface area contributed by atoms with Crippen LogP contribution in [0.4, 0.5) is 10.1 Å². The summed E-state index contributed by atoms with van der Waals surface area (Å²) < 4.78 is 13.8. The number of carbonyl (C=O) groups is 1. The third-order valence-corrected chi connectivity index (χ3v) is 4.31. The molecule has 1 saturated heterocycles. The zero-order chi connectivity index (χ0) is 16.9. The van der Waals surface area contributed by atoms with Crippen LogP contribution in [0.2, 0.25) is 0 Å². The maximum absolute atomic E-state index is 13.8. The van der Waals surface area contributed by atoms with Gasteiger partial charge >= 0.3 is 0 Å². The Morgan fingerprint density at radius 3 is 2.79 bits per heavy atom. The van der Waals surface area contributed by atoms with Gasteiger partial charge in [0.1, 0.15) is 11.6 Å². The molecule has 0 bridgehead atoms. The summed E-state index contributed by atoms with van der Waals surface area (Å²) in [5.41, 5.74) is 1.10. The van der Waals surface area contributed by atoms with Crippen LogP contribution in [0, 0.1) is 11.7 Å². The van der Waals surface area contributed by atoms with Gasteiger partial charge in [-0.05, 0) is 24.5 Å². The van der Waals surface area contributed by atoms with Crippen LogP contribution < -0.4 is 10.2 Å². The minimum Gasteiger partial charge on any atom is -0.369 e. The molecule has 24 heavy (non-hydrogen) atoms. The first-order valence-corrected chi connectivity index (χ1v) is 8.26. The maximum Gasteiger partial charge on any atom is 0.254 e. The van der Waals surface area contributed by atoms with E-state index in [9.17, 15) is 9.18 Å². The van der Waals surface area contributed by atoms with Gasteiger partial charge in [0.15, 0.2) is 0 Å². The Morgan fingerprint density at radius 2 is 2.08 bits per heavy atom. The number of aryl methyl sites for hydroxylation is 1. The lowest BCUT2D eigenvalue weighted by Gasteiger charge is -2.19. The second kappa shape index (κ2) is 7.38. The number of nitrogens with zero attached hydrogens (tertiary/aromatic N) is 3. The van der Waals surface area contributed by atoms with E-state index in [0.29, 0.717) is 23.7 Å². The van der Waals surface area contributed by atoms with E-state index >= 15 is 0 Å². The van der Waals surface area contributed by atoms with Gasteiger partial charge in [-0.1, -0.05) is 19.1 Å². The van der Waals surface area contributed by atoms with Gasteiger partial charge in [-0.3, -0.25) is 4.79 Å². The van der Waals surface area contributed by atoms with Crippen molar-refractivity contribution in [3.8, 4) is 0 Å². The lowest BCUT2D eigenvalue weighted by molar-refractivity contribution is 0.0947. The van der Waals surface area contributed by atoms with Gasteiger partial charge in [-0.15, -0.1) is 0 Å². The summed E-state index contributed by atoms with van der Waals surface area (Å²) in [5.74, 6) is 0.671. The number of amides is 1. The highest BCUT2D eigenvalue weighted by molar-refractivity contribution is 5.93. The predicted molar refractivity (Wildman–Crippen MR) is 90.5 cm³/mol. The van der Waals surface area contributed by atoms with Crippen LogP contribution in [0.3, 0.4) is 0 Å². The highest BCUT2D eigenvalue weighted by atomic mass is 19.1. The highest BCUT2D eigenvalue weighted by Crippen LogP contribution is 2.25. The number of para-hydroxylation sites is 1. The summed E-state index contributed by atoms with van der Waals surface area (Å²) in [6.07, 6.45) is 4.79. The van der Waals surface area contributed by atoms with Gasteiger partial charge in [0, 0.05) is 38.4 Å². The van der Waals surface area contributed by atoms with Crippen LogP contribution in [-0.2, 0) is 6.42 Å². The Balaban J connectivity index is 1.52. The fraction of sp³-hybridized carbons (Fsp3) is 0.389. The molecule has 0 saturated carbocycles. The van der Waals surface area contributed by atoms with Crippen molar-refractivity contribution < 1.29 is 9.18 Å². The molecule has 1 amide bonds. The molecule has 3 rings (SSSR count). The van der Waals surface area contributed by atoms with E-state index in [4.69, 9.17) is 0 Å². The molecule has 0 aliphatic carbocycles. The lowest BCUT2D eigenvalue weighted by atomic mass is 10.1. The smallest absolute Gasteiger partial charge is 0.254 e. The number of hydrogen-bond acceptors (Lipinski definition) is 4. The van der Waals surface area contributed by atoms with E-state index in [1.165, 1.54) is 6.07 Å². The van der Waals surface area contributed by atoms with Crippen LogP contribution in [0.1, 0.15) is 29.5 Å². The van der Waals surface area contributed by atoms with Crippen LogP contribution >= 0.6 is 0 Å². The van der Waals surface area contributed by atoms with Gasteiger partial charge in [0.2, 0.25) is 0 Å². The largest absolute Gasteiger partial charge is 0.369 e. The number of halogens is 1. The molecule has 0 unspecified atom stereocenters. The molecular formula is C18H21FN4O. The summed E-state index contributed by atoms with van der Waals surface area (Å²) in [5, 5.41) is 2.93. The Labute approximate surface area is 140 Å². The first-order chi connectivity index (χ1) is 11.7. The van der Waals surface area contributed by atoms with Crippen LogP contribution in [0.5, 0.6) is 0 Å². The Kier molecular flexibility index (Phi) is 5.03. The van der Waals surface area contributed by atoms with E-state index in [-0.39, 0.29) is 11.7 Å². The number of anilines is 1. The van der Waals surface area contributed by atoms with Crippen molar-refractivity contribution in [1.29, 1.82) is 0 Å². The van der Waals surface area contributed by atoms with E-state index in [0.717, 1.165) is 31.8 Å². The van der Waals surface area contributed by atoms with Crippen molar-refractivity contribution in [2.75, 3.05) is 24.5 Å². The third kappa shape index (κ3) is 3.69. The molecule has 0 radical (unpaired) electrons. The van der Waals surface area contributed by atoms with Crippen molar-refractivity contribution in [1.82, 2.24) is 15.3 Å². The molecule has 1 fully saturated rings. The highest BCUT2D eigenvalue weighted by Gasteiger charge is 2.24. The Bertz CT molecular complexity index is 704. The zero-order valence-electron chi connectivity index (χ0n) is 13.7. The molecule has 126 valence electrons. The standard InChI is InChI=1S/C18H21FN4O/c1-2-17-20-10-14(11-21-17)18(24)22-9-13-7-8-23(12-13)16-6-4-3-5-15(16)19/h3-6,10-11,13H,2,7-9,12H2,1H3,(H,22,24)/t13-/m1/s1. The molecule has 1 aliphatic heterocycles. The molecule has 2 aromatic rings. The fourth-order valence-electron chi connectivity index (χ4n) is 2.92. The quantitative estimate of drug-likeness (QED) is 0.916. The molecular weight excluding hydrogens is 307 g/mol. The van der Waals surface area contributed by atoms with E-state index in [2.05, 4.69) is 15.3 Å². The topological polar surface area (TPSA) is 58.1 Å². The average Bonchev–Trinajstić information content (AvgIpc) is 3.09. The summed E-state index contributed by atoms with van der Waals surface area (Å²) >= 11 is 0. The van der Waals surface area contributed by atoms with Crippen molar-refractivity contribution in [2.45, 2.75) is 19.8 Å². The minimum atomic E-state index is -0.199. The minimum absolute atomic E-state index is 0.165. The molecule has 2 heterocycles. The molecule has 0 spiro atoms. The number of rotatable bonds is 5. The summed E-state index contributed by atoms with van der Waals surface area (Å²) in [6.45, 7) is 4.08. The summed E-state index contributed by atoms with van der Waals surface area (Å²) in [6, 6.07) is 6.80. The molecule has 1 aliphatic rings. The molecule has 1 atom stereocenters. The normalized spacial score (nSPS) is 17.1. The van der Waals surface area contributed by atoms with Crippen LogP contribution in [-0.4, -0.2) is 35.5 Å². The van der Waals surface area contributed by atoms with E-state index in [1.54, 1.807) is 24.5 Å². The summed E-state index contributed by atoms with van der Waals surface area (Å²) in [7, 11) is 0. The van der Waals surface area contributed by atoms with E-state index < -0.39 is 0 Å². The summed E-state index contributed by atoms with van der Waals surface area (Å²) in [4.78, 5) is 22.5. The number of nitrogens with one attached hydrogen (secondary N) is 1. The first-order valence-electron chi connectivity index (χ1n) is 8.26. The monoisotopic (exact) mass is 328 g/mol. The van der Waals surface area contributed by atoms with Gasteiger partial charge in [0.05, 0.1) is 11.3 Å². The van der Waals surface area contributed by atoms with Gasteiger partial charge in [0.25, 0.3) is 5.91 Å². The van der Waals surface area contributed by atoms with Crippen molar-refractivity contribution in [3.05, 3.63) is 53.9 Å². The van der Waals surface area contributed by atoms with Gasteiger partial charge < -0.3 is 10.2 Å². The van der Waals surface area contributed by atoms with Crippen LogP contribution in [0.25, 0.3) is 0 Å². The van der Waals surface area contributed by atoms with Gasteiger partial charge in [-0.2, -0.15) is 0 Å². The van der Waals surface area contributed by atoms with Gasteiger partial charge in [-0.25, -0.2) is 14.4 Å². The van der Waals surface area contributed by atoms with E-state index in [1.807, 2.05) is 17.9 Å². The molecule has 1 N–H and O–H groups in total. The Hall–Kier alpha value is -2.50. The zero-order valence-corrected chi connectivity index (χ0v) is 13.7. The molecule has 6 heteroatoms. The van der Waals surface area contributed by atoms with Crippen molar-refractivity contribution >= 4 is 11.6 Å². The van der Waals surface area contributed by atoms with Crippen LogP contribution in [0.15, 0.2) is 36.7 Å². The van der Waals surface area contributed by atoms with Crippen molar-refractivity contribution in [3.63, 3.8) is 0 Å². The number of aromatic nitrogens is 2. The SMILES string of the molecule is CCc1ncc(C(=O)NC[C@H]2CCN(c3ccccc3F)C2)cn1. The first kappa shape index (κ1) is 16.4. The number of benzene rings is 1. The number of carbonyl (C=O) groups excluding carboxylic acids is 1. The Morgan fingerprint density at radius 1 is 1.33 bits per heavy atom. The fourth-order valence-corrected chi connectivity index (χ4v) is 2.92. The maximum atomic E-state index is 13.8. The molecule has 1 aromatic carbocycles. The molecule has 1 aromatic heterocycles. The molecule has 5 nitrogen and oxygen atoms in total. The second-order valence-electron chi connectivity index (χ2n) is 6.00. The predicted octanol–water partition coefficient (Wildman–Crippen LogP) is 2.43. The number of hydrogen-bond donors (Lipinski definition) is 1. The van der Waals surface area contributed by atoms with Crippen molar-refractivity contribution in [2.24, 2.45) is 5.92 Å².